The van der Waals surface area contributed by atoms with Crippen LogP contribution in [0.25, 0.3) is 0 Å². The Morgan fingerprint density at radius 2 is 1.47 bits per heavy atom. The smallest absolute Gasteiger partial charge is 0.407 e. The summed E-state index contributed by atoms with van der Waals surface area (Å²) in [7, 11) is 0. The van der Waals surface area contributed by atoms with Crippen LogP contribution in [-0.2, 0) is 4.74 Å². The van der Waals surface area contributed by atoms with Gasteiger partial charge in [0.15, 0.2) is 0 Å². The first-order valence-electron chi connectivity index (χ1n) is 10.2. The highest BCUT2D eigenvalue weighted by Gasteiger charge is 2.40. The molecule has 186 valence electrons. The summed E-state index contributed by atoms with van der Waals surface area (Å²) in [5.41, 5.74) is -1.36. The first-order valence-corrected chi connectivity index (χ1v) is 10.2. The molecule has 0 bridgehead atoms. The van der Waals surface area contributed by atoms with Crippen molar-refractivity contribution in [3.05, 3.63) is 0 Å². The number of nitrogens with zero attached hydrogens (tertiary/aromatic N) is 3. The molecule has 1 aliphatic heterocycles. The zero-order valence-corrected chi connectivity index (χ0v) is 18.1. The fourth-order valence-electron chi connectivity index (χ4n) is 3.54. The summed E-state index contributed by atoms with van der Waals surface area (Å²) in [5, 5.41) is 60.3. The summed E-state index contributed by atoms with van der Waals surface area (Å²) in [6, 6.07) is 0. The van der Waals surface area contributed by atoms with Crippen molar-refractivity contribution < 1.29 is 49.8 Å². The molecule has 0 aromatic rings. The Morgan fingerprint density at radius 3 is 2.03 bits per heavy atom. The summed E-state index contributed by atoms with van der Waals surface area (Å²) in [6.45, 7) is 0.436. The molecule has 32 heavy (non-hydrogen) atoms. The van der Waals surface area contributed by atoms with Gasteiger partial charge >= 0.3 is 18.3 Å². The molecule has 1 heterocycles. The summed E-state index contributed by atoms with van der Waals surface area (Å²) >= 11 is 0. The minimum Gasteiger partial charge on any atom is -0.465 e. The Labute approximate surface area is 185 Å². The monoisotopic (exact) mass is 466 g/mol. The molecular weight excluding hydrogens is 432 g/mol. The summed E-state index contributed by atoms with van der Waals surface area (Å²) < 4.78 is 5.14. The van der Waals surface area contributed by atoms with Crippen LogP contribution < -0.4 is 5.32 Å². The highest BCUT2D eigenvalue weighted by Crippen LogP contribution is 2.24. The molecule has 3 atom stereocenters. The maximum absolute atomic E-state index is 12.0. The highest BCUT2D eigenvalue weighted by atomic mass is 16.5. The van der Waals surface area contributed by atoms with Gasteiger partial charge in [-0.1, -0.05) is 0 Å². The lowest BCUT2D eigenvalue weighted by atomic mass is 9.91. The van der Waals surface area contributed by atoms with E-state index >= 15 is 0 Å². The van der Waals surface area contributed by atoms with E-state index in [2.05, 4.69) is 5.32 Å². The minimum atomic E-state index is -1.36. The standard InChI is InChI=1S/C18H34N4O10/c1-18(8-13(24)10-32-11-14(25)9-23)12-21(16(28)29)7-6-20(15(26)27)4-2-19-3-5-22(18)17(30)31/h13-14,19,23-25H,2-12H2,1H3,(H,26,27)(H,28,29)(H,30,31). The zero-order valence-electron chi connectivity index (χ0n) is 18.1. The number of rotatable bonds is 7. The molecular formula is C18H34N4O10. The second kappa shape index (κ2) is 13.2. The Hall–Kier alpha value is -2.39. The van der Waals surface area contributed by atoms with E-state index in [1.807, 2.05) is 0 Å². The van der Waals surface area contributed by atoms with E-state index in [1.165, 1.54) is 6.92 Å². The Kier molecular flexibility index (Phi) is 11.4. The molecule has 0 aromatic carbocycles. The molecule has 0 radical (unpaired) electrons. The SMILES string of the molecule is CC1(CC(O)COCC(O)CO)CN(C(=O)O)CCN(C(=O)O)CCNCCN1C(=O)O. The van der Waals surface area contributed by atoms with Crippen LogP contribution in [0.3, 0.4) is 0 Å². The normalized spacial score (nSPS) is 23.1. The number of hydrogen-bond acceptors (Lipinski definition) is 8. The first-order chi connectivity index (χ1) is 15.0. The lowest BCUT2D eigenvalue weighted by Gasteiger charge is -2.43. The second-order valence-corrected chi connectivity index (χ2v) is 7.89. The van der Waals surface area contributed by atoms with Gasteiger partial charge in [0.25, 0.3) is 0 Å². The van der Waals surface area contributed by atoms with Gasteiger partial charge in [-0.25, -0.2) is 14.4 Å². The molecule has 3 amide bonds. The molecule has 1 fully saturated rings. The van der Waals surface area contributed by atoms with Crippen molar-refractivity contribution in [3.63, 3.8) is 0 Å². The van der Waals surface area contributed by atoms with E-state index in [0.29, 0.717) is 0 Å². The molecule has 14 heteroatoms. The third kappa shape index (κ3) is 9.00. The van der Waals surface area contributed by atoms with Gasteiger partial charge in [-0.15, -0.1) is 0 Å². The van der Waals surface area contributed by atoms with E-state index in [1.54, 1.807) is 0 Å². The fraction of sp³-hybridized carbons (Fsp3) is 0.833. The maximum atomic E-state index is 12.0. The molecule has 14 nitrogen and oxygen atoms in total. The van der Waals surface area contributed by atoms with E-state index < -0.39 is 42.6 Å². The van der Waals surface area contributed by atoms with Crippen molar-refractivity contribution in [2.45, 2.75) is 31.1 Å². The molecule has 0 spiro atoms. The number of nitrogens with one attached hydrogen (secondary N) is 1. The van der Waals surface area contributed by atoms with Crippen molar-refractivity contribution in [2.24, 2.45) is 0 Å². The lowest BCUT2D eigenvalue weighted by Crippen LogP contribution is -2.60. The number of aliphatic hydroxyl groups is 3. The van der Waals surface area contributed by atoms with Crippen molar-refractivity contribution in [1.29, 1.82) is 0 Å². The number of hydrogen-bond donors (Lipinski definition) is 7. The Morgan fingerprint density at radius 1 is 0.906 bits per heavy atom. The van der Waals surface area contributed by atoms with Gasteiger partial charge in [0.05, 0.1) is 31.5 Å². The number of carboxylic acid groups (broad SMARTS) is 3. The predicted octanol–water partition coefficient (Wildman–Crippen LogP) is -1.59. The molecule has 3 unspecified atom stereocenters. The molecule has 1 aliphatic rings. The molecule has 7 N–H and O–H groups in total. The number of carbonyl (C=O) groups is 3. The van der Waals surface area contributed by atoms with E-state index in [-0.39, 0.29) is 65.4 Å². The first kappa shape index (κ1) is 27.6. The maximum Gasteiger partial charge on any atom is 0.407 e. The van der Waals surface area contributed by atoms with Gasteiger partial charge < -0.3 is 50.5 Å². The summed E-state index contributed by atoms with van der Waals surface area (Å²) in [6.07, 6.45) is -6.34. The van der Waals surface area contributed by atoms with Crippen molar-refractivity contribution in [1.82, 2.24) is 20.0 Å². The number of amides is 3. The summed E-state index contributed by atoms with van der Waals surface area (Å²) in [4.78, 5) is 38.3. The van der Waals surface area contributed by atoms with Crippen LogP contribution in [-0.4, -0.2) is 147 Å². The van der Waals surface area contributed by atoms with Gasteiger partial charge in [0.2, 0.25) is 0 Å². The topological polar surface area (TPSA) is 204 Å². The highest BCUT2D eigenvalue weighted by molar-refractivity contribution is 5.68. The van der Waals surface area contributed by atoms with Crippen LogP contribution in [0.1, 0.15) is 13.3 Å². The van der Waals surface area contributed by atoms with Crippen LogP contribution in [0.4, 0.5) is 14.4 Å². The van der Waals surface area contributed by atoms with E-state index in [4.69, 9.17) is 9.84 Å². The fourth-order valence-corrected chi connectivity index (χ4v) is 3.54. The number of ether oxygens (including phenoxy) is 1. The van der Waals surface area contributed by atoms with Gasteiger partial charge in [-0.2, -0.15) is 0 Å². The van der Waals surface area contributed by atoms with Crippen molar-refractivity contribution in [2.75, 3.05) is 65.6 Å². The zero-order chi connectivity index (χ0) is 24.3. The molecule has 1 saturated heterocycles. The van der Waals surface area contributed by atoms with Gasteiger partial charge in [-0.3, -0.25) is 4.90 Å². The average molecular weight is 466 g/mol. The van der Waals surface area contributed by atoms with Gasteiger partial charge in [-0.05, 0) is 6.92 Å². The third-order valence-electron chi connectivity index (χ3n) is 5.17. The Bertz CT molecular complexity index is 625. The average Bonchev–Trinajstić information content (AvgIpc) is 2.69. The number of aliphatic hydroxyl groups excluding tert-OH is 3. The van der Waals surface area contributed by atoms with Crippen LogP contribution in [0, 0.1) is 0 Å². The van der Waals surface area contributed by atoms with Crippen LogP contribution in [0.5, 0.6) is 0 Å². The van der Waals surface area contributed by atoms with Crippen molar-refractivity contribution in [3.8, 4) is 0 Å². The van der Waals surface area contributed by atoms with Crippen LogP contribution >= 0.6 is 0 Å². The second-order valence-electron chi connectivity index (χ2n) is 7.89. The molecule has 0 saturated carbocycles. The van der Waals surface area contributed by atoms with Crippen molar-refractivity contribution >= 4 is 18.3 Å². The van der Waals surface area contributed by atoms with Gasteiger partial charge in [0, 0.05) is 52.2 Å². The minimum absolute atomic E-state index is 0.0246. The summed E-state index contributed by atoms with van der Waals surface area (Å²) in [5.74, 6) is 0. The van der Waals surface area contributed by atoms with E-state index in [9.17, 15) is 39.9 Å². The van der Waals surface area contributed by atoms with Crippen LogP contribution in [0.15, 0.2) is 0 Å². The quantitative estimate of drug-likeness (QED) is 0.228. The largest absolute Gasteiger partial charge is 0.465 e. The Balaban J connectivity index is 3.07. The van der Waals surface area contributed by atoms with Crippen LogP contribution in [0.2, 0.25) is 0 Å². The molecule has 0 aliphatic carbocycles. The van der Waals surface area contributed by atoms with Gasteiger partial charge in [0.1, 0.15) is 6.10 Å². The molecule has 1 rings (SSSR count). The molecule has 0 aromatic heterocycles. The van der Waals surface area contributed by atoms with E-state index in [0.717, 1.165) is 14.7 Å². The lowest BCUT2D eigenvalue weighted by molar-refractivity contribution is -0.0427. The predicted molar refractivity (Wildman–Crippen MR) is 110 cm³/mol. The third-order valence-corrected chi connectivity index (χ3v) is 5.17.